The van der Waals surface area contributed by atoms with E-state index in [1.165, 1.54) is 13.8 Å². The third kappa shape index (κ3) is 3.38. The average molecular weight is 281 g/mol. The molecule has 0 aliphatic rings. The summed E-state index contributed by atoms with van der Waals surface area (Å²) in [4.78, 5) is 0. The highest BCUT2D eigenvalue weighted by Gasteiger charge is 2.17. The van der Waals surface area contributed by atoms with Crippen LogP contribution in [-0.4, -0.2) is 26.0 Å². The Hall–Kier alpha value is -1.24. The molecule has 0 heterocycles. The summed E-state index contributed by atoms with van der Waals surface area (Å²) in [6, 6.07) is 1.80. The van der Waals surface area contributed by atoms with Gasteiger partial charge in [-0.25, -0.2) is 21.6 Å². The van der Waals surface area contributed by atoms with Gasteiger partial charge in [-0.2, -0.15) is 0 Å². The predicted octanol–water partition coefficient (Wildman–Crippen LogP) is 2.34. The fourth-order valence-corrected chi connectivity index (χ4v) is 2.08. The van der Waals surface area contributed by atoms with Gasteiger partial charge < -0.3 is 5.32 Å². The lowest BCUT2D eigenvalue weighted by Gasteiger charge is -2.10. The number of hydrogen-bond donors (Lipinski definition) is 1. The number of halogens is 3. The molecule has 7 heteroatoms. The van der Waals surface area contributed by atoms with Crippen LogP contribution in [0.2, 0.25) is 0 Å². The Kier molecular flexibility index (Phi) is 4.61. The molecule has 1 rings (SSSR count). The van der Waals surface area contributed by atoms with Crippen LogP contribution < -0.4 is 5.32 Å². The van der Waals surface area contributed by atoms with Crippen molar-refractivity contribution in [2.45, 2.75) is 19.1 Å². The summed E-state index contributed by atoms with van der Waals surface area (Å²) in [5.41, 5.74) is -0.257. The lowest BCUT2D eigenvalue weighted by atomic mass is 10.3. The van der Waals surface area contributed by atoms with Crippen LogP contribution in [0.4, 0.5) is 18.9 Å². The number of rotatable bonds is 5. The molecule has 1 N–H and O–H groups in total. The predicted molar refractivity (Wildman–Crippen MR) is 63.7 cm³/mol. The molecule has 0 atom stereocenters. The van der Waals surface area contributed by atoms with Crippen molar-refractivity contribution in [2.24, 2.45) is 0 Å². The van der Waals surface area contributed by atoms with Gasteiger partial charge in [0.2, 0.25) is 0 Å². The molecule has 0 fully saturated rings. The topological polar surface area (TPSA) is 46.2 Å². The third-order valence-corrected chi connectivity index (χ3v) is 4.67. The van der Waals surface area contributed by atoms with Gasteiger partial charge in [0.15, 0.2) is 27.3 Å². The van der Waals surface area contributed by atoms with Gasteiger partial charge in [-0.05, 0) is 26.0 Å². The molecular weight excluding hydrogens is 267 g/mol. The lowest BCUT2D eigenvalue weighted by molar-refractivity contribution is 0.449. The van der Waals surface area contributed by atoms with Crippen LogP contribution in [0.15, 0.2) is 12.1 Å². The summed E-state index contributed by atoms with van der Waals surface area (Å²) in [7, 11) is -3.25. The van der Waals surface area contributed by atoms with E-state index in [9.17, 15) is 21.6 Å². The molecule has 0 spiro atoms. The van der Waals surface area contributed by atoms with Gasteiger partial charge in [-0.3, -0.25) is 0 Å². The zero-order valence-electron chi connectivity index (χ0n) is 10.0. The van der Waals surface area contributed by atoms with Crippen molar-refractivity contribution in [1.82, 2.24) is 0 Å². The molecule has 0 amide bonds. The smallest absolute Gasteiger partial charge is 0.196 e. The second-order valence-electron chi connectivity index (χ2n) is 4.07. The minimum Gasteiger partial charge on any atom is -0.382 e. The molecule has 3 nitrogen and oxygen atoms in total. The van der Waals surface area contributed by atoms with Crippen molar-refractivity contribution in [2.75, 3.05) is 17.6 Å². The van der Waals surface area contributed by atoms with E-state index in [2.05, 4.69) is 5.32 Å². The molecular formula is C11H14F3NO2S. The molecule has 0 saturated carbocycles. The van der Waals surface area contributed by atoms with Crippen LogP contribution in [-0.2, 0) is 9.84 Å². The summed E-state index contributed by atoms with van der Waals surface area (Å²) in [5.74, 6) is -4.42. The first-order chi connectivity index (χ1) is 8.25. The van der Waals surface area contributed by atoms with E-state index in [1.807, 2.05) is 0 Å². The number of sulfone groups is 1. The third-order valence-electron chi connectivity index (χ3n) is 2.46. The maximum atomic E-state index is 13.2. The average Bonchev–Trinajstić information content (AvgIpc) is 2.29. The first-order valence-electron chi connectivity index (χ1n) is 5.34. The highest BCUT2D eigenvalue weighted by molar-refractivity contribution is 7.92. The normalized spacial score (nSPS) is 11.9. The van der Waals surface area contributed by atoms with E-state index in [0.29, 0.717) is 0 Å². The van der Waals surface area contributed by atoms with Crippen molar-refractivity contribution < 1.29 is 21.6 Å². The van der Waals surface area contributed by atoms with E-state index in [4.69, 9.17) is 0 Å². The maximum absolute atomic E-state index is 13.2. The van der Waals surface area contributed by atoms with Gasteiger partial charge in [-0.1, -0.05) is 0 Å². The minimum atomic E-state index is -3.25. The van der Waals surface area contributed by atoms with Gasteiger partial charge >= 0.3 is 0 Å². The Morgan fingerprint density at radius 1 is 1.17 bits per heavy atom. The monoisotopic (exact) mass is 281 g/mol. The zero-order valence-corrected chi connectivity index (χ0v) is 10.8. The summed E-state index contributed by atoms with van der Waals surface area (Å²) < 4.78 is 61.6. The molecule has 0 aliphatic heterocycles. The van der Waals surface area contributed by atoms with Crippen LogP contribution in [0, 0.1) is 17.5 Å². The van der Waals surface area contributed by atoms with Gasteiger partial charge in [0.1, 0.15) is 0 Å². The van der Waals surface area contributed by atoms with Gasteiger partial charge in [0, 0.05) is 6.54 Å². The van der Waals surface area contributed by atoms with Gasteiger partial charge in [-0.15, -0.1) is 0 Å². The molecule has 18 heavy (non-hydrogen) atoms. The molecule has 0 bridgehead atoms. The van der Waals surface area contributed by atoms with Crippen molar-refractivity contribution in [3.8, 4) is 0 Å². The van der Waals surface area contributed by atoms with E-state index in [-0.39, 0.29) is 18.0 Å². The standard InChI is InChI=1S/C11H14F3NO2S/c1-7(2)18(16,17)6-5-15-9-4-3-8(12)10(13)11(9)14/h3-4,7,15H,5-6H2,1-2H3. The minimum absolute atomic E-state index is 0.0670. The quantitative estimate of drug-likeness (QED) is 0.843. The molecule has 1 aromatic carbocycles. The summed E-state index contributed by atoms with van der Waals surface area (Å²) in [5, 5.41) is 1.90. The second kappa shape index (κ2) is 5.60. The van der Waals surface area contributed by atoms with E-state index >= 15 is 0 Å². The SMILES string of the molecule is CC(C)S(=O)(=O)CCNc1ccc(F)c(F)c1F. The van der Waals surface area contributed by atoms with E-state index in [1.54, 1.807) is 0 Å². The Labute approximate surface area is 104 Å². The van der Waals surface area contributed by atoms with Crippen LogP contribution >= 0.6 is 0 Å². The number of hydrogen-bond acceptors (Lipinski definition) is 3. The molecule has 1 aromatic rings. The van der Waals surface area contributed by atoms with Crippen LogP contribution in [0.5, 0.6) is 0 Å². The van der Waals surface area contributed by atoms with Gasteiger partial charge in [0.05, 0.1) is 16.7 Å². The number of anilines is 1. The van der Waals surface area contributed by atoms with Gasteiger partial charge in [0.25, 0.3) is 0 Å². The lowest BCUT2D eigenvalue weighted by Crippen LogP contribution is -2.23. The highest BCUT2D eigenvalue weighted by atomic mass is 32.2. The Morgan fingerprint density at radius 2 is 1.78 bits per heavy atom. The number of benzene rings is 1. The summed E-state index contributed by atoms with van der Waals surface area (Å²) >= 11 is 0. The summed E-state index contributed by atoms with van der Waals surface area (Å²) in [6.07, 6.45) is 0. The molecule has 0 aromatic heterocycles. The van der Waals surface area contributed by atoms with Crippen molar-refractivity contribution in [3.63, 3.8) is 0 Å². The second-order valence-corrected chi connectivity index (χ2v) is 6.74. The fourth-order valence-electron chi connectivity index (χ4n) is 1.23. The van der Waals surface area contributed by atoms with Crippen molar-refractivity contribution in [1.29, 1.82) is 0 Å². The van der Waals surface area contributed by atoms with Crippen LogP contribution in [0.25, 0.3) is 0 Å². The van der Waals surface area contributed by atoms with Crippen LogP contribution in [0.3, 0.4) is 0 Å². The Morgan fingerprint density at radius 3 is 2.33 bits per heavy atom. The Balaban J connectivity index is 2.69. The maximum Gasteiger partial charge on any atom is 0.196 e. The molecule has 0 radical (unpaired) electrons. The van der Waals surface area contributed by atoms with Crippen LogP contribution in [0.1, 0.15) is 13.8 Å². The van der Waals surface area contributed by atoms with Crippen molar-refractivity contribution >= 4 is 15.5 Å². The molecule has 0 aliphatic carbocycles. The largest absolute Gasteiger partial charge is 0.382 e. The molecule has 0 saturated heterocycles. The van der Waals surface area contributed by atoms with Crippen molar-refractivity contribution in [3.05, 3.63) is 29.6 Å². The first-order valence-corrected chi connectivity index (χ1v) is 7.06. The first kappa shape index (κ1) is 14.8. The number of nitrogens with one attached hydrogen (secondary N) is 1. The molecule has 102 valence electrons. The zero-order chi connectivity index (χ0) is 13.9. The Bertz CT molecular complexity index is 529. The molecule has 0 unspecified atom stereocenters. The van der Waals surface area contributed by atoms with E-state index in [0.717, 1.165) is 12.1 Å². The fraction of sp³-hybridized carbons (Fsp3) is 0.455. The highest BCUT2D eigenvalue weighted by Crippen LogP contribution is 2.19. The summed E-state index contributed by atoms with van der Waals surface area (Å²) in [6.45, 7) is 3.00. The van der Waals surface area contributed by atoms with E-state index < -0.39 is 32.5 Å².